The van der Waals surface area contributed by atoms with Gasteiger partial charge in [-0.15, -0.1) is 11.3 Å². The van der Waals surface area contributed by atoms with E-state index in [2.05, 4.69) is 4.72 Å². The lowest BCUT2D eigenvalue weighted by atomic mass is 10.2. The highest BCUT2D eigenvalue weighted by Gasteiger charge is 2.19. The van der Waals surface area contributed by atoms with Crippen LogP contribution in [0.25, 0.3) is 0 Å². The van der Waals surface area contributed by atoms with Gasteiger partial charge in [-0.25, -0.2) is 8.42 Å². The summed E-state index contributed by atoms with van der Waals surface area (Å²) in [5.74, 6) is 0.245. The number of ether oxygens (including phenoxy) is 1. The molecule has 0 aliphatic rings. The van der Waals surface area contributed by atoms with Gasteiger partial charge in [0.25, 0.3) is 10.0 Å². The second-order valence-corrected chi connectivity index (χ2v) is 6.86. The highest BCUT2D eigenvalue weighted by Crippen LogP contribution is 2.29. The van der Waals surface area contributed by atoms with Crippen LogP contribution in [0.5, 0.6) is 5.75 Å². The largest absolute Gasteiger partial charge is 0.495 e. The number of benzene rings is 1. The van der Waals surface area contributed by atoms with Gasteiger partial charge >= 0.3 is 0 Å². The number of hydrogen-bond acceptors (Lipinski definition) is 6. The molecule has 2 aromatic rings. The third-order valence-corrected chi connectivity index (χ3v) is 5.38. The van der Waals surface area contributed by atoms with Crippen molar-refractivity contribution in [3.05, 3.63) is 40.8 Å². The molecule has 1 aromatic heterocycles. The summed E-state index contributed by atoms with van der Waals surface area (Å²) in [6.07, 6.45) is 0. The van der Waals surface area contributed by atoms with Gasteiger partial charge in [0, 0.05) is 6.07 Å². The number of nitrogens with zero attached hydrogens (tertiary/aromatic N) is 2. The summed E-state index contributed by atoms with van der Waals surface area (Å²) in [7, 11) is -2.42. The number of methoxy groups -OCH3 is 1. The zero-order valence-corrected chi connectivity index (χ0v) is 12.5. The van der Waals surface area contributed by atoms with E-state index in [0.29, 0.717) is 10.4 Å². The lowest BCUT2D eigenvalue weighted by Crippen LogP contribution is -2.12. The molecule has 0 aliphatic carbocycles. The van der Waals surface area contributed by atoms with E-state index in [9.17, 15) is 8.42 Å². The van der Waals surface area contributed by atoms with Crippen LogP contribution in [0.3, 0.4) is 0 Å². The maximum atomic E-state index is 12.2. The number of sulfonamides is 1. The standard InChI is InChI=1S/C13H9N3O3S2/c1-19-12-6-9(7-14)2-4-11(12)16-21(17,18)13-5-3-10(8-15)20-13/h2-6,16H,1H3. The molecule has 0 atom stereocenters. The van der Waals surface area contributed by atoms with Crippen molar-refractivity contribution in [2.75, 3.05) is 11.8 Å². The number of nitrogens with one attached hydrogen (secondary N) is 1. The molecular weight excluding hydrogens is 310 g/mol. The van der Waals surface area contributed by atoms with E-state index in [4.69, 9.17) is 15.3 Å². The fraction of sp³-hybridized carbons (Fsp3) is 0.0769. The fourth-order valence-electron chi connectivity index (χ4n) is 1.56. The molecule has 0 fully saturated rings. The van der Waals surface area contributed by atoms with Crippen molar-refractivity contribution in [3.8, 4) is 17.9 Å². The quantitative estimate of drug-likeness (QED) is 0.931. The summed E-state index contributed by atoms with van der Waals surface area (Å²) in [5.41, 5.74) is 0.584. The summed E-state index contributed by atoms with van der Waals surface area (Å²) in [6.45, 7) is 0. The van der Waals surface area contributed by atoms with Crippen LogP contribution in [0, 0.1) is 22.7 Å². The highest BCUT2D eigenvalue weighted by atomic mass is 32.2. The average molecular weight is 319 g/mol. The highest BCUT2D eigenvalue weighted by molar-refractivity contribution is 7.94. The zero-order chi connectivity index (χ0) is 15.5. The molecule has 0 radical (unpaired) electrons. The van der Waals surface area contributed by atoms with Gasteiger partial charge in [0.1, 0.15) is 20.9 Å². The van der Waals surface area contributed by atoms with Crippen molar-refractivity contribution in [2.24, 2.45) is 0 Å². The molecule has 8 heteroatoms. The van der Waals surface area contributed by atoms with Gasteiger partial charge in [0.05, 0.1) is 24.4 Å². The van der Waals surface area contributed by atoms with E-state index in [-0.39, 0.29) is 15.6 Å². The van der Waals surface area contributed by atoms with Crippen molar-refractivity contribution < 1.29 is 13.2 Å². The van der Waals surface area contributed by atoms with Gasteiger partial charge in [-0.2, -0.15) is 10.5 Å². The second-order valence-electron chi connectivity index (χ2n) is 3.86. The number of anilines is 1. The monoisotopic (exact) mass is 319 g/mol. The van der Waals surface area contributed by atoms with Gasteiger partial charge < -0.3 is 4.74 Å². The number of thiophene rings is 1. The Kier molecular flexibility index (Phi) is 4.13. The third kappa shape index (κ3) is 3.14. The summed E-state index contributed by atoms with van der Waals surface area (Å²) >= 11 is 0.875. The summed E-state index contributed by atoms with van der Waals surface area (Å²) in [5, 5.41) is 17.6. The molecule has 21 heavy (non-hydrogen) atoms. The van der Waals surface area contributed by atoms with Gasteiger partial charge in [0.2, 0.25) is 0 Å². The lowest BCUT2D eigenvalue weighted by Gasteiger charge is -2.10. The Labute approximate surface area is 125 Å². The SMILES string of the molecule is COc1cc(C#N)ccc1NS(=O)(=O)c1ccc(C#N)s1. The Hall–Kier alpha value is -2.55. The van der Waals surface area contributed by atoms with Crippen LogP contribution in [-0.4, -0.2) is 15.5 Å². The molecule has 2 rings (SSSR count). The van der Waals surface area contributed by atoms with Crippen LogP contribution < -0.4 is 9.46 Å². The molecule has 6 nitrogen and oxygen atoms in total. The lowest BCUT2D eigenvalue weighted by molar-refractivity contribution is 0.416. The van der Waals surface area contributed by atoms with Gasteiger partial charge in [-0.1, -0.05) is 0 Å². The third-order valence-electron chi connectivity index (χ3n) is 2.53. The van der Waals surface area contributed by atoms with E-state index < -0.39 is 10.0 Å². The first-order chi connectivity index (χ1) is 10.00. The van der Waals surface area contributed by atoms with Crippen molar-refractivity contribution >= 4 is 27.0 Å². The smallest absolute Gasteiger partial charge is 0.271 e. The van der Waals surface area contributed by atoms with Crippen LogP contribution in [0.15, 0.2) is 34.5 Å². The molecule has 0 unspecified atom stereocenters. The van der Waals surface area contributed by atoms with E-state index in [0.717, 1.165) is 11.3 Å². The number of nitriles is 2. The number of hydrogen-bond donors (Lipinski definition) is 1. The minimum atomic E-state index is -3.80. The van der Waals surface area contributed by atoms with E-state index in [1.807, 2.05) is 12.1 Å². The van der Waals surface area contributed by atoms with Crippen LogP contribution >= 0.6 is 11.3 Å². The molecule has 0 amide bonds. The second kappa shape index (κ2) is 5.83. The van der Waals surface area contributed by atoms with Crippen LogP contribution in [0.4, 0.5) is 5.69 Å². The minimum Gasteiger partial charge on any atom is -0.495 e. The topological polar surface area (TPSA) is 103 Å². The van der Waals surface area contributed by atoms with Crippen molar-refractivity contribution in [1.29, 1.82) is 10.5 Å². The Morgan fingerprint density at radius 2 is 1.95 bits per heavy atom. The maximum Gasteiger partial charge on any atom is 0.271 e. The van der Waals surface area contributed by atoms with Crippen molar-refractivity contribution in [2.45, 2.75) is 4.21 Å². The first-order valence-electron chi connectivity index (χ1n) is 5.61. The maximum absolute atomic E-state index is 12.2. The Morgan fingerprint density at radius 3 is 2.52 bits per heavy atom. The van der Waals surface area contributed by atoms with Crippen molar-refractivity contribution in [3.63, 3.8) is 0 Å². The predicted octanol–water partition coefficient (Wildman–Crippen LogP) is 2.30. The Balaban J connectivity index is 2.37. The van der Waals surface area contributed by atoms with Gasteiger partial charge in [0.15, 0.2) is 0 Å². The molecule has 106 valence electrons. The normalized spacial score (nSPS) is 10.4. The fourth-order valence-corrected chi connectivity index (χ4v) is 3.74. The molecule has 1 N–H and O–H groups in total. The molecule has 0 saturated carbocycles. The molecular formula is C13H9N3O3S2. The van der Waals surface area contributed by atoms with Gasteiger partial charge in [-0.05, 0) is 24.3 Å². The molecule has 0 saturated heterocycles. The molecule has 0 aliphatic heterocycles. The molecule has 0 bridgehead atoms. The summed E-state index contributed by atoms with van der Waals surface area (Å²) in [4.78, 5) is 0.308. The summed E-state index contributed by atoms with van der Waals surface area (Å²) < 4.78 is 31.9. The molecule has 1 heterocycles. The van der Waals surface area contributed by atoms with E-state index >= 15 is 0 Å². The van der Waals surface area contributed by atoms with Crippen molar-refractivity contribution in [1.82, 2.24) is 0 Å². The van der Waals surface area contributed by atoms with E-state index in [1.165, 1.54) is 37.4 Å². The van der Waals surface area contributed by atoms with Crippen LogP contribution in [-0.2, 0) is 10.0 Å². The molecule has 1 aromatic carbocycles. The number of rotatable bonds is 4. The Morgan fingerprint density at radius 1 is 1.19 bits per heavy atom. The van der Waals surface area contributed by atoms with E-state index in [1.54, 1.807) is 0 Å². The average Bonchev–Trinajstić information content (AvgIpc) is 2.97. The molecule has 0 spiro atoms. The predicted molar refractivity (Wildman–Crippen MR) is 77.6 cm³/mol. The Bertz CT molecular complexity index is 858. The van der Waals surface area contributed by atoms with Crippen LogP contribution in [0.2, 0.25) is 0 Å². The zero-order valence-electron chi connectivity index (χ0n) is 10.8. The first-order valence-corrected chi connectivity index (χ1v) is 7.91. The van der Waals surface area contributed by atoms with Crippen LogP contribution in [0.1, 0.15) is 10.4 Å². The van der Waals surface area contributed by atoms with Gasteiger partial charge in [-0.3, -0.25) is 4.72 Å². The summed E-state index contributed by atoms with van der Waals surface area (Å²) in [6, 6.07) is 11.0. The first kappa shape index (κ1) is 14.9. The minimum absolute atomic E-state index is 0.0328.